The molecule has 3 heteroatoms. The third kappa shape index (κ3) is 4.71. The summed E-state index contributed by atoms with van der Waals surface area (Å²) in [5.74, 6) is 0.729. The Morgan fingerprint density at radius 1 is 1.44 bits per heavy atom. The fourth-order valence-corrected chi connectivity index (χ4v) is 2.85. The average molecular weight is 267 g/mol. The highest BCUT2D eigenvalue weighted by Crippen LogP contribution is 2.24. The van der Waals surface area contributed by atoms with E-state index in [1.54, 1.807) is 0 Å². The molecule has 1 aromatic heterocycles. The van der Waals surface area contributed by atoms with Gasteiger partial charge < -0.3 is 10.1 Å². The summed E-state index contributed by atoms with van der Waals surface area (Å²) in [4.78, 5) is 2.86. The van der Waals surface area contributed by atoms with Gasteiger partial charge >= 0.3 is 0 Å². The lowest BCUT2D eigenvalue weighted by molar-refractivity contribution is 0.110. The molecule has 2 rings (SSSR count). The summed E-state index contributed by atoms with van der Waals surface area (Å²) in [5.41, 5.74) is 1.37. The lowest BCUT2D eigenvalue weighted by Crippen LogP contribution is -2.14. The van der Waals surface area contributed by atoms with E-state index >= 15 is 0 Å². The highest BCUT2D eigenvalue weighted by molar-refractivity contribution is 7.12. The lowest BCUT2D eigenvalue weighted by Gasteiger charge is -2.05. The van der Waals surface area contributed by atoms with E-state index in [4.69, 9.17) is 4.74 Å². The van der Waals surface area contributed by atoms with Gasteiger partial charge in [-0.25, -0.2) is 0 Å². The Hall–Kier alpha value is -0.380. The molecule has 0 spiro atoms. The molecule has 1 aliphatic carbocycles. The van der Waals surface area contributed by atoms with Gasteiger partial charge in [-0.2, -0.15) is 0 Å². The number of ether oxygens (including phenoxy) is 1. The first-order valence-electron chi connectivity index (χ1n) is 7.04. The Balaban J connectivity index is 1.73. The van der Waals surface area contributed by atoms with Gasteiger partial charge in [0.25, 0.3) is 0 Å². The molecule has 0 saturated heterocycles. The van der Waals surface area contributed by atoms with Crippen LogP contribution in [0.5, 0.6) is 0 Å². The van der Waals surface area contributed by atoms with Crippen molar-refractivity contribution in [2.75, 3.05) is 6.61 Å². The SMILES string of the molecule is Cc1sc(CNC2CC2)cc1COCCC(C)C. The molecule has 18 heavy (non-hydrogen) atoms. The fourth-order valence-electron chi connectivity index (χ4n) is 1.85. The molecule has 1 aliphatic rings. The Kier molecular flexibility index (Phi) is 5.22. The van der Waals surface area contributed by atoms with Crippen molar-refractivity contribution in [2.24, 2.45) is 5.92 Å². The monoisotopic (exact) mass is 267 g/mol. The fraction of sp³-hybridized carbons (Fsp3) is 0.733. The van der Waals surface area contributed by atoms with E-state index in [2.05, 4.69) is 32.2 Å². The topological polar surface area (TPSA) is 21.3 Å². The minimum atomic E-state index is 0.729. The molecule has 1 fully saturated rings. The van der Waals surface area contributed by atoms with Gasteiger partial charge in [0.2, 0.25) is 0 Å². The maximum absolute atomic E-state index is 5.75. The molecule has 2 nitrogen and oxygen atoms in total. The number of rotatable bonds is 8. The van der Waals surface area contributed by atoms with Crippen LogP contribution in [-0.2, 0) is 17.9 Å². The first kappa shape index (κ1) is 14.0. The number of nitrogens with one attached hydrogen (secondary N) is 1. The maximum atomic E-state index is 5.75. The molecule has 0 bridgehead atoms. The Labute approximate surface area is 115 Å². The van der Waals surface area contributed by atoms with Crippen LogP contribution in [-0.4, -0.2) is 12.6 Å². The van der Waals surface area contributed by atoms with Crippen molar-refractivity contribution in [3.05, 3.63) is 21.4 Å². The minimum Gasteiger partial charge on any atom is -0.377 e. The van der Waals surface area contributed by atoms with Crippen molar-refractivity contribution in [1.29, 1.82) is 0 Å². The van der Waals surface area contributed by atoms with Crippen LogP contribution in [0.3, 0.4) is 0 Å². The van der Waals surface area contributed by atoms with Crippen LogP contribution in [0.25, 0.3) is 0 Å². The highest BCUT2D eigenvalue weighted by Gasteiger charge is 2.20. The van der Waals surface area contributed by atoms with E-state index < -0.39 is 0 Å². The van der Waals surface area contributed by atoms with Crippen LogP contribution in [0.15, 0.2) is 6.07 Å². The van der Waals surface area contributed by atoms with Crippen molar-refractivity contribution in [2.45, 2.75) is 59.2 Å². The molecular formula is C15H25NOS. The smallest absolute Gasteiger partial charge is 0.0727 e. The second kappa shape index (κ2) is 6.69. The summed E-state index contributed by atoms with van der Waals surface area (Å²) in [6.07, 6.45) is 3.87. The average Bonchev–Trinajstić information content (AvgIpc) is 3.07. The van der Waals surface area contributed by atoms with Crippen molar-refractivity contribution in [3.63, 3.8) is 0 Å². The maximum Gasteiger partial charge on any atom is 0.0727 e. The van der Waals surface area contributed by atoms with Gasteiger partial charge in [0.1, 0.15) is 0 Å². The minimum absolute atomic E-state index is 0.729. The molecule has 1 N–H and O–H groups in total. The number of hydrogen-bond donors (Lipinski definition) is 1. The zero-order valence-electron chi connectivity index (χ0n) is 11.8. The molecule has 0 atom stereocenters. The van der Waals surface area contributed by atoms with Gasteiger partial charge in [0.05, 0.1) is 6.61 Å². The molecule has 1 heterocycles. The molecule has 1 aromatic rings. The predicted octanol–water partition coefficient (Wildman–Crippen LogP) is 3.87. The van der Waals surface area contributed by atoms with Crippen LogP contribution < -0.4 is 5.32 Å². The van der Waals surface area contributed by atoms with E-state index in [1.807, 2.05) is 11.3 Å². The van der Waals surface area contributed by atoms with Gasteiger partial charge in [0, 0.05) is 28.9 Å². The molecule has 1 saturated carbocycles. The number of hydrogen-bond acceptors (Lipinski definition) is 3. The normalized spacial score (nSPS) is 15.6. The van der Waals surface area contributed by atoms with E-state index in [0.717, 1.165) is 38.1 Å². The first-order chi connectivity index (χ1) is 8.65. The zero-order valence-corrected chi connectivity index (χ0v) is 12.6. The molecule has 102 valence electrons. The predicted molar refractivity (Wildman–Crippen MR) is 78.0 cm³/mol. The van der Waals surface area contributed by atoms with Crippen molar-refractivity contribution in [3.8, 4) is 0 Å². The summed E-state index contributed by atoms with van der Waals surface area (Å²) in [6, 6.07) is 3.10. The Bertz CT molecular complexity index is 369. The van der Waals surface area contributed by atoms with Crippen molar-refractivity contribution in [1.82, 2.24) is 5.32 Å². The first-order valence-corrected chi connectivity index (χ1v) is 7.86. The standard InChI is InChI=1S/C15H25NOS/c1-11(2)6-7-17-10-13-8-15(18-12(13)3)9-16-14-4-5-14/h8,11,14,16H,4-7,9-10H2,1-3H3. The van der Waals surface area contributed by atoms with Gasteiger partial charge in [-0.1, -0.05) is 13.8 Å². The van der Waals surface area contributed by atoms with Crippen LogP contribution in [0.2, 0.25) is 0 Å². The molecule has 0 radical (unpaired) electrons. The van der Waals surface area contributed by atoms with Crippen LogP contribution in [0.1, 0.15) is 48.4 Å². The molecule has 0 amide bonds. The summed E-state index contributed by atoms with van der Waals surface area (Å²) < 4.78 is 5.75. The molecule has 0 aromatic carbocycles. The second-order valence-corrected chi connectivity index (χ2v) is 7.03. The number of aryl methyl sites for hydroxylation is 1. The van der Waals surface area contributed by atoms with E-state index in [-0.39, 0.29) is 0 Å². The summed E-state index contributed by atoms with van der Waals surface area (Å²) in [5, 5.41) is 3.57. The highest BCUT2D eigenvalue weighted by atomic mass is 32.1. The van der Waals surface area contributed by atoms with Gasteiger partial charge in [-0.05, 0) is 43.7 Å². The summed E-state index contributed by atoms with van der Waals surface area (Å²) in [6.45, 7) is 9.36. The molecular weight excluding hydrogens is 242 g/mol. The van der Waals surface area contributed by atoms with E-state index in [0.29, 0.717) is 0 Å². The third-order valence-corrected chi connectivity index (χ3v) is 4.40. The molecule has 0 aliphatic heterocycles. The summed E-state index contributed by atoms with van der Waals surface area (Å²) in [7, 11) is 0. The van der Waals surface area contributed by atoms with Gasteiger partial charge in [-0.15, -0.1) is 11.3 Å². The zero-order chi connectivity index (χ0) is 13.0. The summed E-state index contributed by atoms with van der Waals surface area (Å²) >= 11 is 1.91. The van der Waals surface area contributed by atoms with E-state index in [1.165, 1.54) is 28.2 Å². The van der Waals surface area contributed by atoms with Crippen LogP contribution >= 0.6 is 11.3 Å². The van der Waals surface area contributed by atoms with Crippen molar-refractivity contribution >= 4 is 11.3 Å². The van der Waals surface area contributed by atoms with Crippen LogP contribution in [0, 0.1) is 12.8 Å². The lowest BCUT2D eigenvalue weighted by atomic mass is 10.1. The quantitative estimate of drug-likeness (QED) is 0.722. The largest absolute Gasteiger partial charge is 0.377 e. The third-order valence-electron chi connectivity index (χ3n) is 3.31. The van der Waals surface area contributed by atoms with Crippen molar-refractivity contribution < 1.29 is 4.74 Å². The number of thiophene rings is 1. The second-order valence-electron chi connectivity index (χ2n) is 5.68. The Morgan fingerprint density at radius 3 is 2.89 bits per heavy atom. The van der Waals surface area contributed by atoms with E-state index in [9.17, 15) is 0 Å². The van der Waals surface area contributed by atoms with Crippen LogP contribution in [0.4, 0.5) is 0 Å². The molecule has 0 unspecified atom stereocenters. The van der Waals surface area contributed by atoms with Gasteiger partial charge in [-0.3, -0.25) is 0 Å². The van der Waals surface area contributed by atoms with Gasteiger partial charge in [0.15, 0.2) is 0 Å². The Morgan fingerprint density at radius 2 is 2.22 bits per heavy atom.